The molecule has 0 saturated carbocycles. The average Bonchev–Trinajstić information content (AvgIpc) is 3.00. The minimum atomic E-state index is -0.496. The minimum absolute atomic E-state index is 0.496. The molecule has 146 valence electrons. The lowest BCUT2D eigenvalue weighted by Crippen LogP contribution is -2.24. The Kier molecular flexibility index (Phi) is 7.44. The van der Waals surface area contributed by atoms with E-state index in [4.69, 9.17) is 0 Å². The normalized spacial score (nSPS) is 11.7. The number of aliphatic hydroxyl groups excluding tert-OH is 1. The molecule has 0 aliphatic rings. The summed E-state index contributed by atoms with van der Waals surface area (Å²) in [5, 5.41) is 20.0. The summed E-state index contributed by atoms with van der Waals surface area (Å²) in [4.78, 5) is 0. The number of unbranched alkanes of at least 4 members (excludes halogenated alkanes) is 2. The summed E-state index contributed by atoms with van der Waals surface area (Å²) in [6, 6.07) is 0. The number of nitrogens with zero attached hydrogens (tertiary/aromatic N) is 4. The Morgan fingerprint density at radius 1 is 0.769 bits per heavy atom. The van der Waals surface area contributed by atoms with E-state index in [-0.39, 0.29) is 0 Å². The smallest absolute Gasteiger partial charge is 0.0931 e. The third-order valence-corrected chi connectivity index (χ3v) is 5.39. The van der Waals surface area contributed by atoms with E-state index in [9.17, 15) is 5.11 Å². The molecule has 0 spiro atoms. The Bertz CT molecular complexity index is 654. The average molecular weight is 361 g/mol. The van der Waals surface area contributed by atoms with E-state index >= 15 is 0 Å². The van der Waals surface area contributed by atoms with Gasteiger partial charge in [-0.2, -0.15) is 10.2 Å². The Morgan fingerprint density at radius 2 is 1.15 bits per heavy atom. The molecule has 1 N–H and O–H groups in total. The van der Waals surface area contributed by atoms with Crippen LogP contribution in [0.2, 0.25) is 0 Å². The van der Waals surface area contributed by atoms with E-state index < -0.39 is 6.10 Å². The highest BCUT2D eigenvalue weighted by Crippen LogP contribution is 2.18. The lowest BCUT2D eigenvalue weighted by Gasteiger charge is -2.14. The fourth-order valence-electron chi connectivity index (χ4n) is 3.71. The van der Waals surface area contributed by atoms with Gasteiger partial charge in [-0.05, 0) is 64.5 Å². The molecule has 0 atom stereocenters. The third kappa shape index (κ3) is 4.76. The predicted octanol–water partition coefficient (Wildman–Crippen LogP) is 4.06. The van der Waals surface area contributed by atoms with Gasteiger partial charge >= 0.3 is 0 Å². The Morgan fingerprint density at radius 3 is 1.50 bits per heavy atom. The molecule has 0 saturated heterocycles. The van der Waals surface area contributed by atoms with Crippen LogP contribution in [0.25, 0.3) is 0 Å². The maximum absolute atomic E-state index is 10.6. The van der Waals surface area contributed by atoms with Crippen molar-refractivity contribution >= 4 is 0 Å². The zero-order valence-electron chi connectivity index (χ0n) is 17.5. The third-order valence-electron chi connectivity index (χ3n) is 5.39. The largest absolute Gasteiger partial charge is 0.389 e. The highest BCUT2D eigenvalue weighted by Gasteiger charge is 2.17. The van der Waals surface area contributed by atoms with Crippen molar-refractivity contribution in [1.29, 1.82) is 0 Å². The topological polar surface area (TPSA) is 55.9 Å². The van der Waals surface area contributed by atoms with Crippen molar-refractivity contribution in [3.63, 3.8) is 0 Å². The van der Waals surface area contributed by atoms with Crippen molar-refractivity contribution in [3.05, 3.63) is 33.9 Å². The van der Waals surface area contributed by atoms with Crippen LogP contribution in [0.1, 0.15) is 73.4 Å². The van der Waals surface area contributed by atoms with E-state index in [0.717, 1.165) is 24.2 Å². The van der Waals surface area contributed by atoms with Crippen LogP contribution in [0.15, 0.2) is 0 Å². The van der Waals surface area contributed by atoms with Gasteiger partial charge in [0, 0.05) is 11.4 Å². The number of rotatable bonds is 10. The number of hydrogen-bond acceptors (Lipinski definition) is 3. The van der Waals surface area contributed by atoms with E-state index in [1.54, 1.807) is 0 Å². The van der Waals surface area contributed by atoms with Crippen molar-refractivity contribution in [1.82, 2.24) is 19.6 Å². The van der Waals surface area contributed by atoms with Gasteiger partial charge in [0.05, 0.1) is 30.6 Å². The van der Waals surface area contributed by atoms with Crippen molar-refractivity contribution in [3.8, 4) is 0 Å². The molecule has 0 amide bonds. The van der Waals surface area contributed by atoms with Gasteiger partial charge in [0.1, 0.15) is 0 Å². The molecule has 2 heterocycles. The maximum Gasteiger partial charge on any atom is 0.0931 e. The van der Waals surface area contributed by atoms with Gasteiger partial charge in [0.2, 0.25) is 0 Å². The van der Waals surface area contributed by atoms with Crippen LogP contribution < -0.4 is 0 Å². The van der Waals surface area contributed by atoms with Crippen LogP contribution >= 0.6 is 0 Å². The van der Waals surface area contributed by atoms with Crippen LogP contribution in [0.3, 0.4) is 0 Å². The summed E-state index contributed by atoms with van der Waals surface area (Å²) in [7, 11) is 0. The van der Waals surface area contributed by atoms with Gasteiger partial charge in [-0.25, -0.2) is 0 Å². The lowest BCUT2D eigenvalue weighted by atomic mass is 10.1. The zero-order chi connectivity index (χ0) is 19.3. The van der Waals surface area contributed by atoms with Crippen molar-refractivity contribution in [2.24, 2.45) is 0 Å². The monoisotopic (exact) mass is 360 g/mol. The SMILES string of the molecule is CCCCc1c(C)nn(CC(O)Cn2nc(C)c(CCCC)c2C)c1C. The molecule has 0 bridgehead atoms. The van der Waals surface area contributed by atoms with Gasteiger partial charge in [0.25, 0.3) is 0 Å². The molecule has 0 aromatic carbocycles. The second-order valence-corrected chi connectivity index (χ2v) is 7.52. The van der Waals surface area contributed by atoms with Gasteiger partial charge in [-0.3, -0.25) is 9.36 Å². The summed E-state index contributed by atoms with van der Waals surface area (Å²) >= 11 is 0. The first-order chi connectivity index (χ1) is 12.4. The van der Waals surface area contributed by atoms with Crippen molar-refractivity contribution in [2.75, 3.05) is 0 Å². The molecular formula is C21H36N4O. The molecule has 26 heavy (non-hydrogen) atoms. The summed E-state index contributed by atoms with van der Waals surface area (Å²) in [5.74, 6) is 0. The molecule has 5 nitrogen and oxygen atoms in total. The Balaban J connectivity index is 2.06. The van der Waals surface area contributed by atoms with Crippen LogP contribution in [0.4, 0.5) is 0 Å². The van der Waals surface area contributed by atoms with E-state index in [2.05, 4.69) is 51.7 Å². The standard InChI is InChI=1S/C21H36N4O/c1-7-9-11-20-15(3)22-24(17(20)5)13-19(26)14-25-18(6)21(12-10-8-2)16(4)23-25/h19,26H,7-14H2,1-6H3. The summed E-state index contributed by atoms with van der Waals surface area (Å²) in [6.07, 6.45) is 6.38. The first kappa shape index (κ1) is 20.7. The van der Waals surface area contributed by atoms with Crippen molar-refractivity contribution in [2.45, 2.75) is 99.3 Å². The first-order valence-corrected chi connectivity index (χ1v) is 10.1. The highest BCUT2D eigenvalue weighted by molar-refractivity contribution is 5.25. The Labute approximate surface area is 158 Å². The summed E-state index contributed by atoms with van der Waals surface area (Å²) in [6.45, 7) is 13.8. The second-order valence-electron chi connectivity index (χ2n) is 7.52. The Hall–Kier alpha value is -1.62. The number of hydrogen-bond donors (Lipinski definition) is 1. The molecule has 5 heteroatoms. The molecule has 2 aromatic heterocycles. The molecule has 0 fully saturated rings. The number of aromatic nitrogens is 4. The van der Waals surface area contributed by atoms with Gasteiger partial charge in [-0.15, -0.1) is 0 Å². The predicted molar refractivity (Wildman–Crippen MR) is 107 cm³/mol. The van der Waals surface area contributed by atoms with E-state index in [1.807, 2.05) is 9.36 Å². The maximum atomic E-state index is 10.6. The van der Waals surface area contributed by atoms with Crippen molar-refractivity contribution < 1.29 is 5.11 Å². The van der Waals surface area contributed by atoms with Gasteiger partial charge < -0.3 is 5.11 Å². The quantitative estimate of drug-likeness (QED) is 0.695. The summed E-state index contributed by atoms with van der Waals surface area (Å²) < 4.78 is 3.93. The molecule has 0 aliphatic carbocycles. The highest BCUT2D eigenvalue weighted by atomic mass is 16.3. The number of aliphatic hydroxyl groups is 1. The molecule has 0 radical (unpaired) electrons. The fraction of sp³-hybridized carbons (Fsp3) is 0.714. The van der Waals surface area contributed by atoms with Gasteiger partial charge in [-0.1, -0.05) is 26.7 Å². The minimum Gasteiger partial charge on any atom is -0.389 e. The molecule has 2 aromatic rings. The van der Waals surface area contributed by atoms with Crippen LogP contribution in [0, 0.1) is 27.7 Å². The van der Waals surface area contributed by atoms with Gasteiger partial charge in [0.15, 0.2) is 0 Å². The summed E-state index contributed by atoms with van der Waals surface area (Å²) in [5.41, 5.74) is 7.24. The van der Waals surface area contributed by atoms with Crippen LogP contribution in [-0.2, 0) is 25.9 Å². The molecule has 2 rings (SSSR count). The van der Waals surface area contributed by atoms with E-state index in [0.29, 0.717) is 13.1 Å². The first-order valence-electron chi connectivity index (χ1n) is 10.1. The number of aryl methyl sites for hydroxylation is 2. The molecule has 0 unspecified atom stereocenters. The zero-order valence-corrected chi connectivity index (χ0v) is 17.5. The lowest BCUT2D eigenvalue weighted by molar-refractivity contribution is 0.124. The van der Waals surface area contributed by atoms with Crippen LogP contribution in [0.5, 0.6) is 0 Å². The second kappa shape index (κ2) is 9.36. The van der Waals surface area contributed by atoms with Crippen LogP contribution in [-0.4, -0.2) is 30.8 Å². The van der Waals surface area contributed by atoms with E-state index in [1.165, 1.54) is 48.2 Å². The fourth-order valence-corrected chi connectivity index (χ4v) is 3.71. The molecular weight excluding hydrogens is 324 g/mol. The molecule has 0 aliphatic heterocycles.